The fourth-order valence-electron chi connectivity index (χ4n) is 3.45. The number of rotatable bonds is 8. The number of hydrogen-bond donors (Lipinski definition) is 1. The van der Waals surface area contributed by atoms with Crippen LogP contribution < -0.4 is 19.5 Å². The number of benzene rings is 2. The van der Waals surface area contributed by atoms with E-state index in [4.69, 9.17) is 14.2 Å². The fourth-order valence-corrected chi connectivity index (χ4v) is 3.45. The first-order valence-electron chi connectivity index (χ1n) is 9.67. The van der Waals surface area contributed by atoms with Crippen molar-refractivity contribution in [1.82, 2.24) is 4.90 Å². The highest BCUT2D eigenvalue weighted by Crippen LogP contribution is 2.41. The molecule has 0 spiro atoms. The summed E-state index contributed by atoms with van der Waals surface area (Å²) < 4.78 is 16.0. The van der Waals surface area contributed by atoms with Crippen LogP contribution in [0.25, 0.3) is 5.57 Å². The normalized spacial score (nSPS) is 13.6. The third-order valence-corrected chi connectivity index (χ3v) is 4.93. The molecular weight excluding hydrogens is 418 g/mol. The summed E-state index contributed by atoms with van der Waals surface area (Å²) in [4.78, 5) is 37.9. The summed E-state index contributed by atoms with van der Waals surface area (Å²) in [6, 6.07) is 8.29. The Morgan fingerprint density at radius 1 is 0.938 bits per heavy atom. The Labute approximate surface area is 184 Å². The predicted octanol–water partition coefficient (Wildman–Crippen LogP) is 3.22. The predicted molar refractivity (Wildman–Crippen MR) is 117 cm³/mol. The van der Waals surface area contributed by atoms with E-state index in [1.54, 1.807) is 26.0 Å². The summed E-state index contributed by atoms with van der Waals surface area (Å²) in [7, 11) is 4.41. The van der Waals surface area contributed by atoms with Crippen LogP contribution in [0.3, 0.4) is 0 Å². The molecule has 2 amide bonds. The molecule has 168 valence electrons. The number of nitrogens with zero attached hydrogens (tertiary/aromatic N) is 2. The molecule has 0 aliphatic carbocycles. The van der Waals surface area contributed by atoms with Crippen molar-refractivity contribution in [2.24, 2.45) is 0 Å². The molecule has 2 aromatic rings. The van der Waals surface area contributed by atoms with E-state index < -0.39 is 16.7 Å². The zero-order valence-corrected chi connectivity index (χ0v) is 18.3. The molecule has 0 atom stereocenters. The van der Waals surface area contributed by atoms with Crippen LogP contribution in [0, 0.1) is 10.1 Å². The van der Waals surface area contributed by atoms with Gasteiger partial charge >= 0.3 is 0 Å². The Morgan fingerprint density at radius 3 is 1.94 bits per heavy atom. The maximum Gasteiger partial charge on any atom is 0.278 e. The van der Waals surface area contributed by atoms with Gasteiger partial charge in [-0.15, -0.1) is 0 Å². The number of carbonyl (C=O) groups is 2. The molecule has 10 nitrogen and oxygen atoms in total. The minimum atomic E-state index is -0.532. The van der Waals surface area contributed by atoms with Gasteiger partial charge in [-0.05, 0) is 31.5 Å². The number of nitro groups is 1. The number of imide groups is 1. The Balaban J connectivity index is 2.14. The topological polar surface area (TPSA) is 120 Å². The molecule has 0 unspecified atom stereocenters. The van der Waals surface area contributed by atoms with Gasteiger partial charge < -0.3 is 19.5 Å². The van der Waals surface area contributed by atoms with E-state index in [9.17, 15) is 19.7 Å². The summed E-state index contributed by atoms with van der Waals surface area (Å²) in [5.41, 5.74) is 0.859. The molecule has 3 rings (SSSR count). The number of non-ortho nitro benzene ring substituents is 1. The summed E-state index contributed by atoms with van der Waals surface area (Å²) in [6.07, 6.45) is 0. The number of methoxy groups -OCH3 is 3. The molecule has 1 heterocycles. The number of nitrogens with one attached hydrogen (secondary N) is 1. The summed E-state index contributed by atoms with van der Waals surface area (Å²) >= 11 is 0. The lowest BCUT2D eigenvalue weighted by Crippen LogP contribution is -2.38. The lowest BCUT2D eigenvalue weighted by atomic mass is 10.0. The minimum absolute atomic E-state index is 0.0480. The van der Waals surface area contributed by atoms with Crippen molar-refractivity contribution in [3.8, 4) is 17.2 Å². The average Bonchev–Trinajstić information content (AvgIpc) is 3.02. The maximum absolute atomic E-state index is 13.1. The Bertz CT molecular complexity index is 1080. The number of amides is 2. The molecule has 0 aromatic heterocycles. The second-order valence-corrected chi connectivity index (χ2v) is 7.17. The number of ether oxygens (including phenoxy) is 3. The molecule has 0 fully saturated rings. The number of hydrogen-bond acceptors (Lipinski definition) is 8. The first-order valence-corrected chi connectivity index (χ1v) is 9.67. The molecule has 0 bridgehead atoms. The largest absolute Gasteiger partial charge is 0.493 e. The van der Waals surface area contributed by atoms with Gasteiger partial charge in [-0.25, -0.2) is 0 Å². The van der Waals surface area contributed by atoms with Gasteiger partial charge in [0.1, 0.15) is 5.70 Å². The Hall–Kier alpha value is -4.08. The van der Waals surface area contributed by atoms with E-state index in [1.807, 2.05) is 0 Å². The van der Waals surface area contributed by atoms with Gasteiger partial charge in [0.2, 0.25) is 5.75 Å². The standard InChI is InChI=1S/C22H23N3O7/c1-12(2)24-21(26)18(13-6-8-15(9-7-13)25(28)29)19(22(24)27)23-14-10-16(30-3)20(32-5)17(11-14)31-4/h6-12,23H,1-5H3. The van der Waals surface area contributed by atoms with E-state index in [-0.39, 0.29) is 23.0 Å². The first-order chi connectivity index (χ1) is 15.2. The quantitative estimate of drug-likeness (QED) is 0.377. The molecule has 10 heteroatoms. The summed E-state index contributed by atoms with van der Waals surface area (Å²) in [5, 5.41) is 14.0. The second-order valence-electron chi connectivity index (χ2n) is 7.17. The van der Waals surface area contributed by atoms with Crippen LogP contribution in [0.15, 0.2) is 42.1 Å². The zero-order valence-electron chi connectivity index (χ0n) is 18.3. The Kier molecular flexibility index (Phi) is 6.33. The monoisotopic (exact) mass is 441 g/mol. The highest BCUT2D eigenvalue weighted by Gasteiger charge is 2.40. The molecule has 1 aliphatic rings. The van der Waals surface area contributed by atoms with Crippen LogP contribution in [-0.4, -0.2) is 49.0 Å². The highest BCUT2D eigenvalue weighted by molar-refractivity contribution is 6.36. The van der Waals surface area contributed by atoms with Gasteiger partial charge in [-0.3, -0.25) is 24.6 Å². The van der Waals surface area contributed by atoms with Crippen LogP contribution in [0.4, 0.5) is 11.4 Å². The van der Waals surface area contributed by atoms with E-state index >= 15 is 0 Å². The van der Waals surface area contributed by atoms with Gasteiger partial charge in [0, 0.05) is 36.0 Å². The van der Waals surface area contributed by atoms with Gasteiger partial charge in [-0.2, -0.15) is 0 Å². The van der Waals surface area contributed by atoms with Crippen LogP contribution in [0.5, 0.6) is 17.2 Å². The number of carbonyl (C=O) groups excluding carboxylic acids is 2. The van der Waals surface area contributed by atoms with Crippen molar-refractivity contribution in [3.05, 3.63) is 57.8 Å². The maximum atomic E-state index is 13.1. The lowest BCUT2D eigenvalue weighted by Gasteiger charge is -2.19. The third kappa shape index (κ3) is 3.94. The van der Waals surface area contributed by atoms with Crippen molar-refractivity contribution >= 4 is 28.8 Å². The van der Waals surface area contributed by atoms with Gasteiger partial charge in [-0.1, -0.05) is 0 Å². The highest BCUT2D eigenvalue weighted by atomic mass is 16.6. The fraction of sp³-hybridized carbons (Fsp3) is 0.273. The van der Waals surface area contributed by atoms with E-state index in [0.717, 1.165) is 4.90 Å². The molecule has 1 aliphatic heterocycles. The van der Waals surface area contributed by atoms with Crippen molar-refractivity contribution in [2.75, 3.05) is 26.6 Å². The van der Waals surface area contributed by atoms with Crippen molar-refractivity contribution in [2.45, 2.75) is 19.9 Å². The first kappa shape index (κ1) is 22.6. The van der Waals surface area contributed by atoms with E-state index in [0.29, 0.717) is 28.5 Å². The van der Waals surface area contributed by atoms with Crippen molar-refractivity contribution in [3.63, 3.8) is 0 Å². The molecule has 0 radical (unpaired) electrons. The molecule has 1 N–H and O–H groups in total. The SMILES string of the molecule is COc1cc(NC2=C(c3ccc([N+](=O)[O-])cc3)C(=O)N(C(C)C)C2=O)cc(OC)c1OC. The van der Waals surface area contributed by atoms with Gasteiger partial charge in [0.05, 0.1) is 31.8 Å². The van der Waals surface area contributed by atoms with Crippen LogP contribution in [0.1, 0.15) is 19.4 Å². The van der Waals surface area contributed by atoms with Crippen molar-refractivity contribution < 1.29 is 28.7 Å². The van der Waals surface area contributed by atoms with Crippen LogP contribution >= 0.6 is 0 Å². The smallest absolute Gasteiger partial charge is 0.278 e. The minimum Gasteiger partial charge on any atom is -0.493 e. The Morgan fingerprint density at radius 2 is 1.50 bits per heavy atom. The van der Waals surface area contributed by atoms with E-state index in [1.165, 1.54) is 45.6 Å². The van der Waals surface area contributed by atoms with Gasteiger partial charge in [0.25, 0.3) is 17.5 Å². The summed E-state index contributed by atoms with van der Waals surface area (Å²) in [5.74, 6) is 0.109. The average molecular weight is 441 g/mol. The molecule has 32 heavy (non-hydrogen) atoms. The molecule has 0 saturated carbocycles. The molecular formula is C22H23N3O7. The number of anilines is 1. The third-order valence-electron chi connectivity index (χ3n) is 4.93. The van der Waals surface area contributed by atoms with E-state index in [2.05, 4.69) is 5.32 Å². The summed E-state index contributed by atoms with van der Waals surface area (Å²) in [6.45, 7) is 3.46. The van der Waals surface area contributed by atoms with Crippen molar-refractivity contribution in [1.29, 1.82) is 0 Å². The van der Waals surface area contributed by atoms with Gasteiger partial charge in [0.15, 0.2) is 11.5 Å². The zero-order chi connectivity index (χ0) is 23.6. The molecule has 2 aromatic carbocycles. The molecule has 0 saturated heterocycles. The number of nitro benzene ring substituents is 1. The second kappa shape index (κ2) is 8.96. The van der Waals surface area contributed by atoms with Crippen LogP contribution in [0.2, 0.25) is 0 Å². The van der Waals surface area contributed by atoms with Crippen LogP contribution in [-0.2, 0) is 9.59 Å². The lowest BCUT2D eigenvalue weighted by molar-refractivity contribution is -0.384.